The molecule has 3 heteroatoms. The molecule has 2 bridgehead atoms. The van der Waals surface area contributed by atoms with Gasteiger partial charge in [-0.05, 0) is 31.1 Å². The lowest BCUT2D eigenvalue weighted by molar-refractivity contribution is -0.169. The van der Waals surface area contributed by atoms with Crippen molar-refractivity contribution in [2.24, 2.45) is 11.8 Å². The lowest BCUT2D eigenvalue weighted by Gasteiger charge is -2.45. The van der Waals surface area contributed by atoms with Crippen LogP contribution >= 0.6 is 0 Å². The molecule has 2 aliphatic heterocycles. The van der Waals surface area contributed by atoms with Gasteiger partial charge in [0, 0.05) is 12.8 Å². The Labute approximate surface area is 110 Å². The first kappa shape index (κ1) is 12.4. The van der Waals surface area contributed by atoms with E-state index in [1.807, 2.05) is 0 Å². The Kier molecular flexibility index (Phi) is 3.11. The number of nitrogens with zero attached hydrogens (tertiary/aromatic N) is 1. The predicted octanol–water partition coefficient (Wildman–Crippen LogP) is 3.05. The molecule has 0 N–H and O–H groups in total. The highest BCUT2D eigenvalue weighted by molar-refractivity contribution is 5.07. The topological polar surface area (TPSA) is 22.8 Å². The molecule has 1 unspecified atom stereocenters. The van der Waals surface area contributed by atoms with Gasteiger partial charge in [0.25, 0.3) is 0 Å². The first-order valence-electron chi connectivity index (χ1n) is 7.31. The number of rotatable bonds is 2. The van der Waals surface area contributed by atoms with Crippen molar-refractivity contribution in [3.63, 3.8) is 0 Å². The van der Waals surface area contributed by atoms with Gasteiger partial charge in [0.2, 0.25) is 6.54 Å². The Morgan fingerprint density at radius 2 is 2.11 bits per heavy atom. The van der Waals surface area contributed by atoms with Crippen LogP contribution in [0.4, 0.5) is 0 Å². The van der Waals surface area contributed by atoms with Gasteiger partial charge < -0.3 is 14.3 Å². The van der Waals surface area contributed by atoms with Crippen molar-refractivity contribution in [2.75, 3.05) is 6.54 Å². The zero-order chi connectivity index (χ0) is 12.8. The molecular weight excluding hydrogens is 226 g/mol. The van der Waals surface area contributed by atoms with Crippen LogP contribution in [-0.4, -0.2) is 30.5 Å². The van der Waals surface area contributed by atoms with Crippen LogP contribution in [0.2, 0.25) is 0 Å². The molecule has 0 amide bonds. The van der Waals surface area contributed by atoms with Gasteiger partial charge in [-0.3, -0.25) is 0 Å². The van der Waals surface area contributed by atoms with E-state index in [-0.39, 0.29) is 5.60 Å². The van der Waals surface area contributed by atoms with E-state index in [9.17, 15) is 0 Å². The highest BCUT2D eigenvalue weighted by Crippen LogP contribution is 2.52. The van der Waals surface area contributed by atoms with Crippen LogP contribution in [0.1, 0.15) is 46.0 Å². The fourth-order valence-electron chi connectivity index (χ4n) is 4.12. The molecule has 0 radical (unpaired) electrons. The summed E-state index contributed by atoms with van der Waals surface area (Å²) in [4.78, 5) is 3.46. The third-order valence-corrected chi connectivity index (χ3v) is 5.34. The van der Waals surface area contributed by atoms with Gasteiger partial charge in [0.15, 0.2) is 0 Å². The molecule has 6 atom stereocenters. The van der Waals surface area contributed by atoms with Crippen LogP contribution in [0.25, 0.3) is 4.85 Å². The van der Waals surface area contributed by atoms with Crippen LogP contribution in [0.5, 0.6) is 0 Å². The van der Waals surface area contributed by atoms with Crippen molar-refractivity contribution >= 4 is 0 Å². The zero-order valence-electron chi connectivity index (χ0n) is 11.4. The van der Waals surface area contributed by atoms with Crippen molar-refractivity contribution in [3.05, 3.63) is 11.4 Å². The summed E-state index contributed by atoms with van der Waals surface area (Å²) >= 11 is 0. The Morgan fingerprint density at radius 3 is 2.89 bits per heavy atom. The van der Waals surface area contributed by atoms with Crippen molar-refractivity contribution in [3.8, 4) is 0 Å². The molecule has 2 saturated heterocycles. The number of hydrogen-bond donors (Lipinski definition) is 0. The molecule has 18 heavy (non-hydrogen) atoms. The summed E-state index contributed by atoms with van der Waals surface area (Å²) in [5.41, 5.74) is -0.0124. The van der Waals surface area contributed by atoms with E-state index >= 15 is 0 Å². The Morgan fingerprint density at radius 1 is 1.28 bits per heavy atom. The summed E-state index contributed by atoms with van der Waals surface area (Å²) in [6, 6.07) is 0. The SMILES string of the molecule is [C-]#[N+]CC[C@H]1CC[C@@H]2O[C@@H]3C[C@]2(C[C@@H](C)C3C)O1. The van der Waals surface area contributed by atoms with E-state index in [4.69, 9.17) is 16.0 Å². The quantitative estimate of drug-likeness (QED) is 0.702. The second kappa shape index (κ2) is 4.51. The number of hydrogen-bond acceptors (Lipinski definition) is 2. The fraction of sp³-hybridized carbons (Fsp3) is 0.933. The molecule has 3 aliphatic rings. The number of fused-ring (bicyclic) bond motifs is 1. The van der Waals surface area contributed by atoms with E-state index < -0.39 is 0 Å². The van der Waals surface area contributed by atoms with E-state index in [1.165, 1.54) is 0 Å². The predicted molar refractivity (Wildman–Crippen MR) is 69.1 cm³/mol. The minimum absolute atomic E-state index is 0.0124. The maximum atomic E-state index is 6.91. The first-order valence-corrected chi connectivity index (χ1v) is 7.31. The van der Waals surface area contributed by atoms with E-state index in [0.717, 1.165) is 32.1 Å². The summed E-state index contributed by atoms with van der Waals surface area (Å²) in [6.45, 7) is 12.2. The maximum absolute atomic E-state index is 6.91. The zero-order valence-corrected chi connectivity index (χ0v) is 11.4. The van der Waals surface area contributed by atoms with Gasteiger partial charge in [-0.25, -0.2) is 6.57 Å². The average Bonchev–Trinajstić information content (AvgIpc) is 2.68. The maximum Gasteiger partial charge on any atom is 0.217 e. The van der Waals surface area contributed by atoms with Gasteiger partial charge in [0.05, 0.1) is 23.9 Å². The lowest BCUT2D eigenvalue weighted by atomic mass is 9.70. The van der Waals surface area contributed by atoms with Gasteiger partial charge in [-0.15, -0.1) is 0 Å². The van der Waals surface area contributed by atoms with Crippen molar-refractivity contribution in [1.82, 2.24) is 0 Å². The molecule has 0 aromatic carbocycles. The highest BCUT2D eigenvalue weighted by atomic mass is 16.6. The van der Waals surface area contributed by atoms with Crippen LogP contribution in [0.15, 0.2) is 0 Å². The minimum atomic E-state index is -0.0124. The third-order valence-electron chi connectivity index (χ3n) is 5.34. The van der Waals surface area contributed by atoms with Gasteiger partial charge in [-0.1, -0.05) is 13.8 Å². The van der Waals surface area contributed by atoms with Crippen LogP contribution in [0.3, 0.4) is 0 Å². The third kappa shape index (κ3) is 1.87. The van der Waals surface area contributed by atoms with Crippen molar-refractivity contribution < 1.29 is 9.47 Å². The molecule has 0 aromatic rings. The molecule has 100 valence electrons. The lowest BCUT2D eigenvalue weighted by Crippen LogP contribution is -2.51. The second-order valence-electron chi connectivity index (χ2n) is 6.46. The fourth-order valence-corrected chi connectivity index (χ4v) is 4.12. The van der Waals surface area contributed by atoms with Crippen molar-refractivity contribution in [1.29, 1.82) is 0 Å². The summed E-state index contributed by atoms with van der Waals surface area (Å²) in [7, 11) is 0. The Hall–Kier alpha value is -0.590. The van der Waals surface area contributed by atoms with Crippen molar-refractivity contribution in [2.45, 2.75) is 69.9 Å². The molecule has 1 saturated carbocycles. The van der Waals surface area contributed by atoms with Crippen LogP contribution < -0.4 is 0 Å². The Balaban J connectivity index is 1.74. The first-order chi connectivity index (χ1) is 8.64. The summed E-state index contributed by atoms with van der Waals surface area (Å²) < 4.78 is 12.7. The highest BCUT2D eigenvalue weighted by Gasteiger charge is 2.58. The van der Waals surface area contributed by atoms with E-state index in [2.05, 4.69) is 18.7 Å². The minimum Gasteiger partial charge on any atom is -0.372 e. The summed E-state index contributed by atoms with van der Waals surface area (Å²) in [6.07, 6.45) is 6.32. The monoisotopic (exact) mass is 249 g/mol. The van der Waals surface area contributed by atoms with Crippen LogP contribution in [-0.2, 0) is 9.47 Å². The Bertz CT molecular complexity index is 364. The molecule has 1 spiro atoms. The second-order valence-corrected chi connectivity index (χ2v) is 6.46. The largest absolute Gasteiger partial charge is 0.372 e. The molecular formula is C15H23NO2. The van der Waals surface area contributed by atoms with Gasteiger partial charge in [-0.2, -0.15) is 0 Å². The van der Waals surface area contributed by atoms with E-state index in [0.29, 0.717) is 36.7 Å². The molecule has 2 heterocycles. The summed E-state index contributed by atoms with van der Waals surface area (Å²) in [5.74, 6) is 1.35. The average molecular weight is 249 g/mol. The molecule has 3 rings (SSSR count). The van der Waals surface area contributed by atoms with E-state index in [1.54, 1.807) is 0 Å². The smallest absolute Gasteiger partial charge is 0.217 e. The molecule has 3 nitrogen and oxygen atoms in total. The van der Waals surface area contributed by atoms with Crippen LogP contribution in [0, 0.1) is 18.4 Å². The molecule has 3 fully saturated rings. The summed E-state index contributed by atoms with van der Waals surface area (Å²) in [5, 5.41) is 0. The van der Waals surface area contributed by atoms with Gasteiger partial charge in [0.1, 0.15) is 0 Å². The molecule has 0 aromatic heterocycles. The number of ether oxygens (including phenoxy) is 2. The van der Waals surface area contributed by atoms with Gasteiger partial charge >= 0.3 is 0 Å². The normalized spacial score (nSPS) is 50.6. The molecule has 1 aliphatic carbocycles. The standard InChI is InChI=1S/C15H23NO2/c1-10-8-15-9-13(11(10)2)17-14(15)5-4-12(18-15)6-7-16-3/h10-14H,4-9H2,1-2H3/t10-,11?,12-,13-,14+,15+/m1/s1.